The minimum Gasteiger partial charge on any atom is -0.195 e. The Labute approximate surface area is 275 Å². The van der Waals surface area contributed by atoms with Crippen LogP contribution in [0.15, 0.2) is 164 Å². The lowest BCUT2D eigenvalue weighted by Crippen LogP contribution is -3.61. The number of rotatable bonds is 6. The minimum absolute atomic E-state index is 0.0553. The van der Waals surface area contributed by atoms with Crippen LogP contribution >= 0.6 is 0 Å². The van der Waals surface area contributed by atoms with Crippen molar-refractivity contribution < 1.29 is 21.2 Å². The van der Waals surface area contributed by atoms with Gasteiger partial charge in [0.25, 0.3) is 0 Å². The van der Waals surface area contributed by atoms with E-state index in [2.05, 4.69) is 198 Å². The standard InChI is InChI=1S/C24H20B.C18H22I/c1-5-13-21(14-6-1)25(22-15-7-2-8-16-22,23-17-9-3-10-18-23)24-19-11-4-12-20-24;1-13-6-9-16(10-7-13)19-17-11-8-15(12-14(17)2)18(3,4)5/h1-20H;6-12H,1-5H3/q-1;+1. The van der Waals surface area contributed by atoms with Crippen molar-refractivity contribution in [3.63, 3.8) is 0 Å². The topological polar surface area (TPSA) is 0 Å². The van der Waals surface area contributed by atoms with Gasteiger partial charge < -0.3 is 0 Å². The molecular formula is C42H42BI. The summed E-state index contributed by atoms with van der Waals surface area (Å²) in [5.41, 5.74) is 9.82. The van der Waals surface area contributed by atoms with E-state index >= 15 is 0 Å². The third-order valence-corrected chi connectivity index (χ3v) is 11.6. The molecule has 0 fully saturated rings. The molecule has 0 spiro atoms. The summed E-state index contributed by atoms with van der Waals surface area (Å²) in [6.45, 7) is 11.2. The van der Waals surface area contributed by atoms with Crippen molar-refractivity contribution in [2.75, 3.05) is 0 Å². The highest BCUT2D eigenvalue weighted by Gasteiger charge is 2.31. The van der Waals surface area contributed by atoms with E-state index in [9.17, 15) is 0 Å². The van der Waals surface area contributed by atoms with Crippen LogP contribution in [0.2, 0.25) is 0 Å². The number of halogens is 1. The van der Waals surface area contributed by atoms with Crippen molar-refractivity contribution in [3.8, 4) is 0 Å². The molecule has 0 aliphatic carbocycles. The molecule has 0 nitrogen and oxygen atoms in total. The molecule has 0 radical (unpaired) electrons. The van der Waals surface area contributed by atoms with E-state index in [1.54, 1.807) is 0 Å². The quantitative estimate of drug-likeness (QED) is 0.175. The SMILES string of the molecule is Cc1ccc([I+]c2ccc(C(C)(C)C)cc2C)cc1.c1ccc([B-](c2ccccc2)(c2ccccc2)c2ccccc2)cc1. The van der Waals surface area contributed by atoms with Gasteiger partial charge in [-0.1, -0.05) is 172 Å². The van der Waals surface area contributed by atoms with Crippen molar-refractivity contribution in [3.05, 3.63) is 188 Å². The molecule has 0 aliphatic heterocycles. The fourth-order valence-electron chi connectivity index (χ4n) is 6.05. The van der Waals surface area contributed by atoms with E-state index < -0.39 is 6.15 Å². The molecular weight excluding hydrogens is 642 g/mol. The Bertz CT molecular complexity index is 1580. The summed E-state index contributed by atoms with van der Waals surface area (Å²) in [6, 6.07) is 59.5. The molecule has 0 aliphatic rings. The molecule has 0 N–H and O–H groups in total. The van der Waals surface area contributed by atoms with Gasteiger partial charge in [-0.2, -0.15) is 21.9 Å². The fraction of sp³-hybridized carbons (Fsp3) is 0.143. The van der Waals surface area contributed by atoms with Gasteiger partial charge in [-0.05, 0) is 43.0 Å². The first-order valence-electron chi connectivity index (χ1n) is 15.5. The van der Waals surface area contributed by atoms with Crippen LogP contribution in [0.25, 0.3) is 0 Å². The number of hydrogen-bond donors (Lipinski definition) is 0. The largest absolute Gasteiger partial charge is 0.358 e. The van der Waals surface area contributed by atoms with Crippen molar-refractivity contribution in [1.82, 2.24) is 0 Å². The van der Waals surface area contributed by atoms with Crippen LogP contribution in [-0.4, -0.2) is 6.15 Å². The van der Waals surface area contributed by atoms with E-state index in [4.69, 9.17) is 0 Å². The van der Waals surface area contributed by atoms with Crippen molar-refractivity contribution in [1.29, 1.82) is 0 Å². The van der Waals surface area contributed by atoms with E-state index in [0.717, 1.165) is 0 Å². The summed E-state index contributed by atoms with van der Waals surface area (Å²) in [5.74, 6) is 0. The maximum Gasteiger partial charge on any atom is 0.358 e. The second-order valence-electron chi connectivity index (χ2n) is 12.6. The number of aryl methyl sites for hydroxylation is 2. The zero-order valence-corrected chi connectivity index (χ0v) is 28.7. The van der Waals surface area contributed by atoms with E-state index in [0.29, 0.717) is 0 Å². The Morgan fingerprint density at radius 2 is 0.841 bits per heavy atom. The molecule has 0 atom stereocenters. The Balaban J connectivity index is 0.000000182. The van der Waals surface area contributed by atoms with Crippen LogP contribution in [0.5, 0.6) is 0 Å². The van der Waals surface area contributed by atoms with Crippen LogP contribution < -0.4 is 43.1 Å². The first-order valence-corrected chi connectivity index (χ1v) is 17.6. The summed E-state index contributed by atoms with van der Waals surface area (Å²) < 4.78 is 3.03. The highest BCUT2D eigenvalue weighted by molar-refractivity contribution is 7.19. The van der Waals surface area contributed by atoms with Gasteiger partial charge in [0.05, 0.1) is 0 Å². The van der Waals surface area contributed by atoms with E-state index in [-0.39, 0.29) is 26.6 Å². The molecule has 0 heterocycles. The molecule has 0 saturated heterocycles. The average molecular weight is 685 g/mol. The monoisotopic (exact) mass is 684 g/mol. The summed E-state index contributed by atoms with van der Waals surface area (Å²) in [6.07, 6.45) is -1.22. The van der Waals surface area contributed by atoms with Gasteiger partial charge in [0.1, 0.15) is 6.15 Å². The Morgan fingerprint density at radius 1 is 0.455 bits per heavy atom. The van der Waals surface area contributed by atoms with Crippen LogP contribution in [0, 0.1) is 21.0 Å². The highest BCUT2D eigenvalue weighted by atomic mass is 127. The van der Waals surface area contributed by atoms with Gasteiger partial charge in [-0.25, -0.2) is 0 Å². The zero-order chi connectivity index (χ0) is 31.0. The Kier molecular flexibility index (Phi) is 10.2. The lowest BCUT2D eigenvalue weighted by atomic mass is 9.13. The average Bonchev–Trinajstić information content (AvgIpc) is 3.05. The van der Waals surface area contributed by atoms with E-state index in [1.165, 1.54) is 45.7 Å². The maximum absolute atomic E-state index is 2.36. The predicted molar refractivity (Wildman–Crippen MR) is 189 cm³/mol. The molecule has 44 heavy (non-hydrogen) atoms. The van der Waals surface area contributed by atoms with Crippen molar-refractivity contribution in [2.24, 2.45) is 0 Å². The molecule has 6 aromatic carbocycles. The maximum atomic E-state index is 2.36. The minimum atomic E-state index is -1.22. The smallest absolute Gasteiger partial charge is 0.195 e. The van der Waals surface area contributed by atoms with Crippen LogP contribution in [-0.2, 0) is 5.41 Å². The first kappa shape index (κ1) is 31.5. The second kappa shape index (κ2) is 14.3. The predicted octanol–water partition coefficient (Wildman–Crippen LogP) is 4.79. The zero-order valence-electron chi connectivity index (χ0n) is 26.5. The molecule has 0 aromatic heterocycles. The molecule has 6 aromatic rings. The summed E-state index contributed by atoms with van der Waals surface area (Å²) in [4.78, 5) is 0. The Morgan fingerprint density at radius 3 is 1.18 bits per heavy atom. The molecule has 0 amide bonds. The van der Waals surface area contributed by atoms with Gasteiger partial charge in [-0.15, -0.1) is 0 Å². The summed E-state index contributed by atoms with van der Waals surface area (Å²) in [7, 11) is 0. The van der Waals surface area contributed by atoms with Gasteiger partial charge in [0.2, 0.25) is 0 Å². The molecule has 2 heteroatoms. The van der Waals surface area contributed by atoms with E-state index in [1.807, 2.05) is 0 Å². The first-order chi connectivity index (χ1) is 21.3. The lowest BCUT2D eigenvalue weighted by molar-refractivity contribution is -0.598. The number of hydrogen-bond acceptors (Lipinski definition) is 0. The van der Waals surface area contributed by atoms with Crippen molar-refractivity contribution >= 4 is 28.0 Å². The third-order valence-electron chi connectivity index (χ3n) is 8.44. The molecule has 0 bridgehead atoms. The normalized spacial score (nSPS) is 11.4. The molecule has 0 unspecified atom stereocenters. The second-order valence-corrected chi connectivity index (χ2v) is 15.6. The molecule has 6 rings (SSSR count). The van der Waals surface area contributed by atoms with Gasteiger partial charge in [0.15, 0.2) is 7.14 Å². The molecule has 220 valence electrons. The van der Waals surface area contributed by atoms with Crippen LogP contribution in [0.3, 0.4) is 0 Å². The summed E-state index contributed by atoms with van der Waals surface area (Å²) in [5, 5.41) is 0. The van der Waals surface area contributed by atoms with Gasteiger partial charge in [-0.3, -0.25) is 0 Å². The lowest BCUT2D eigenvalue weighted by Gasteiger charge is -2.44. The summed E-state index contributed by atoms with van der Waals surface area (Å²) >= 11 is -0.0553. The van der Waals surface area contributed by atoms with Crippen LogP contribution in [0.1, 0.15) is 37.5 Å². The highest BCUT2D eigenvalue weighted by Crippen LogP contribution is 2.22. The molecule has 0 saturated carbocycles. The van der Waals surface area contributed by atoms with Gasteiger partial charge >= 0.3 is 21.2 Å². The Hall–Kier alpha value is -3.89. The van der Waals surface area contributed by atoms with Gasteiger partial charge in [0, 0.05) is 5.56 Å². The third kappa shape index (κ3) is 7.25. The number of benzene rings is 6. The van der Waals surface area contributed by atoms with Crippen LogP contribution in [0.4, 0.5) is 0 Å². The van der Waals surface area contributed by atoms with Crippen molar-refractivity contribution in [2.45, 2.75) is 40.0 Å². The fourth-order valence-corrected chi connectivity index (χ4v) is 8.38.